The molecule has 1 aromatic rings. The first-order valence-electron chi connectivity index (χ1n) is 5.24. The highest BCUT2D eigenvalue weighted by Crippen LogP contribution is 2.23. The number of aliphatic carboxylic acids is 1. The molecule has 3 amide bonds. The van der Waals surface area contributed by atoms with Crippen molar-refractivity contribution in [2.24, 2.45) is 0 Å². The topological polar surface area (TPSA) is 108 Å². The molecule has 0 aliphatic carbocycles. The SMILES string of the molecule is O=C(O)CNC(=O)Nc1cccc2c1CNC2=O. The molecule has 1 aromatic carbocycles. The maximum Gasteiger partial charge on any atom is 0.323 e. The lowest BCUT2D eigenvalue weighted by molar-refractivity contribution is -0.135. The summed E-state index contributed by atoms with van der Waals surface area (Å²) in [5.74, 6) is -1.31. The monoisotopic (exact) mass is 249 g/mol. The number of hydrogen-bond donors (Lipinski definition) is 4. The number of benzene rings is 1. The molecule has 1 aliphatic rings. The van der Waals surface area contributed by atoms with Crippen LogP contribution < -0.4 is 16.0 Å². The average molecular weight is 249 g/mol. The molecule has 18 heavy (non-hydrogen) atoms. The van der Waals surface area contributed by atoms with Gasteiger partial charge in [-0.3, -0.25) is 9.59 Å². The summed E-state index contributed by atoms with van der Waals surface area (Å²) in [7, 11) is 0. The Balaban J connectivity index is 2.09. The molecule has 0 unspecified atom stereocenters. The van der Waals surface area contributed by atoms with Gasteiger partial charge in [0.25, 0.3) is 5.91 Å². The fourth-order valence-corrected chi connectivity index (χ4v) is 1.69. The Morgan fingerprint density at radius 1 is 1.39 bits per heavy atom. The van der Waals surface area contributed by atoms with Crippen molar-refractivity contribution < 1.29 is 19.5 Å². The number of carbonyl (C=O) groups is 3. The van der Waals surface area contributed by atoms with Gasteiger partial charge in [-0.1, -0.05) is 6.07 Å². The van der Waals surface area contributed by atoms with Gasteiger partial charge in [0, 0.05) is 23.4 Å². The number of carboxylic acid groups (broad SMARTS) is 1. The summed E-state index contributed by atoms with van der Waals surface area (Å²) in [6, 6.07) is 4.35. The first-order valence-corrected chi connectivity index (χ1v) is 5.24. The molecule has 0 saturated heterocycles. The van der Waals surface area contributed by atoms with Gasteiger partial charge < -0.3 is 21.1 Å². The summed E-state index contributed by atoms with van der Waals surface area (Å²) in [6.45, 7) is -0.110. The second kappa shape index (κ2) is 4.74. The smallest absolute Gasteiger partial charge is 0.323 e. The number of fused-ring (bicyclic) bond motifs is 1. The van der Waals surface area contributed by atoms with Crippen molar-refractivity contribution in [1.29, 1.82) is 0 Å². The third-order valence-corrected chi connectivity index (χ3v) is 2.49. The third kappa shape index (κ3) is 2.40. The zero-order chi connectivity index (χ0) is 13.1. The van der Waals surface area contributed by atoms with E-state index in [4.69, 9.17) is 5.11 Å². The minimum atomic E-state index is -1.12. The number of anilines is 1. The average Bonchev–Trinajstić information content (AvgIpc) is 2.70. The normalized spacial score (nSPS) is 12.6. The van der Waals surface area contributed by atoms with E-state index in [1.165, 1.54) is 0 Å². The molecule has 0 radical (unpaired) electrons. The molecule has 0 saturated carbocycles. The zero-order valence-electron chi connectivity index (χ0n) is 9.32. The fraction of sp³-hybridized carbons (Fsp3) is 0.182. The number of carboxylic acids is 1. The van der Waals surface area contributed by atoms with Gasteiger partial charge in [-0.2, -0.15) is 0 Å². The van der Waals surface area contributed by atoms with Crippen LogP contribution in [0.5, 0.6) is 0 Å². The first kappa shape index (κ1) is 11.9. The molecular formula is C11H11N3O4. The third-order valence-electron chi connectivity index (χ3n) is 2.49. The molecule has 94 valence electrons. The van der Waals surface area contributed by atoms with Crippen LogP contribution in [0.3, 0.4) is 0 Å². The van der Waals surface area contributed by atoms with Crippen molar-refractivity contribution in [3.63, 3.8) is 0 Å². The Labute approximate surface area is 102 Å². The minimum Gasteiger partial charge on any atom is -0.480 e. The molecule has 1 aliphatic heterocycles. The number of urea groups is 1. The number of nitrogens with one attached hydrogen (secondary N) is 3. The van der Waals surface area contributed by atoms with Crippen LogP contribution in [0.1, 0.15) is 15.9 Å². The van der Waals surface area contributed by atoms with E-state index in [1.54, 1.807) is 18.2 Å². The molecule has 0 bridgehead atoms. The van der Waals surface area contributed by atoms with Gasteiger partial charge in [0.15, 0.2) is 0 Å². The molecule has 7 nitrogen and oxygen atoms in total. The Kier molecular flexibility index (Phi) is 3.13. The summed E-state index contributed by atoms with van der Waals surface area (Å²) < 4.78 is 0. The van der Waals surface area contributed by atoms with Crippen molar-refractivity contribution in [3.8, 4) is 0 Å². The van der Waals surface area contributed by atoms with Crippen molar-refractivity contribution in [2.45, 2.75) is 6.54 Å². The first-order chi connectivity index (χ1) is 8.58. The van der Waals surface area contributed by atoms with Crippen LogP contribution >= 0.6 is 0 Å². The molecule has 0 aromatic heterocycles. The molecule has 2 rings (SSSR count). The van der Waals surface area contributed by atoms with Crippen LogP contribution in [0, 0.1) is 0 Å². The number of rotatable bonds is 3. The molecule has 7 heteroatoms. The van der Waals surface area contributed by atoms with Gasteiger partial charge in [-0.05, 0) is 12.1 Å². The lowest BCUT2D eigenvalue weighted by Gasteiger charge is -2.09. The fourth-order valence-electron chi connectivity index (χ4n) is 1.69. The van der Waals surface area contributed by atoms with Crippen LogP contribution in [0.2, 0.25) is 0 Å². The highest BCUT2D eigenvalue weighted by atomic mass is 16.4. The summed E-state index contributed by atoms with van der Waals surface area (Å²) >= 11 is 0. The number of hydrogen-bond acceptors (Lipinski definition) is 3. The number of carbonyl (C=O) groups excluding carboxylic acids is 2. The van der Waals surface area contributed by atoms with E-state index in [0.717, 1.165) is 0 Å². The van der Waals surface area contributed by atoms with Gasteiger partial charge in [0.1, 0.15) is 6.54 Å². The standard InChI is InChI=1S/C11H11N3O4/c15-9(16)5-13-11(18)14-8-3-1-2-6-7(8)4-12-10(6)17/h1-3H,4-5H2,(H,12,17)(H,15,16)(H2,13,14,18). The Hall–Kier alpha value is -2.57. The number of amides is 3. The van der Waals surface area contributed by atoms with Crippen LogP contribution in [0.4, 0.5) is 10.5 Å². The highest BCUT2D eigenvalue weighted by Gasteiger charge is 2.21. The Bertz CT molecular complexity index is 527. The van der Waals surface area contributed by atoms with Gasteiger partial charge in [0.05, 0.1) is 0 Å². The van der Waals surface area contributed by atoms with Gasteiger partial charge >= 0.3 is 12.0 Å². The van der Waals surface area contributed by atoms with Crippen molar-refractivity contribution >= 4 is 23.6 Å². The second-order valence-corrected chi connectivity index (χ2v) is 3.72. The van der Waals surface area contributed by atoms with Crippen LogP contribution in [-0.2, 0) is 11.3 Å². The largest absolute Gasteiger partial charge is 0.480 e. The Morgan fingerprint density at radius 3 is 2.89 bits per heavy atom. The van der Waals surface area contributed by atoms with Crippen molar-refractivity contribution in [1.82, 2.24) is 10.6 Å². The van der Waals surface area contributed by atoms with E-state index >= 15 is 0 Å². The Morgan fingerprint density at radius 2 is 2.17 bits per heavy atom. The van der Waals surface area contributed by atoms with E-state index < -0.39 is 18.5 Å². The molecule has 0 fully saturated rings. The van der Waals surface area contributed by atoms with Gasteiger partial charge in [-0.15, -0.1) is 0 Å². The molecule has 0 spiro atoms. The molecule has 4 N–H and O–H groups in total. The van der Waals surface area contributed by atoms with Crippen LogP contribution in [0.15, 0.2) is 18.2 Å². The summed E-state index contributed by atoms with van der Waals surface area (Å²) in [4.78, 5) is 33.1. The van der Waals surface area contributed by atoms with Gasteiger partial charge in [0.2, 0.25) is 0 Å². The van der Waals surface area contributed by atoms with Crippen LogP contribution in [0.25, 0.3) is 0 Å². The lowest BCUT2D eigenvalue weighted by atomic mass is 10.1. The van der Waals surface area contributed by atoms with Crippen molar-refractivity contribution in [2.75, 3.05) is 11.9 Å². The molecule has 1 heterocycles. The maximum absolute atomic E-state index is 11.4. The lowest BCUT2D eigenvalue weighted by Crippen LogP contribution is -2.33. The zero-order valence-corrected chi connectivity index (χ0v) is 9.32. The minimum absolute atomic E-state index is 0.181. The van der Waals surface area contributed by atoms with E-state index in [2.05, 4.69) is 16.0 Å². The molecule has 0 atom stereocenters. The summed E-state index contributed by atoms with van der Waals surface area (Å²) in [5.41, 5.74) is 1.72. The predicted octanol–water partition coefficient (Wildman–Crippen LogP) is 0.136. The van der Waals surface area contributed by atoms with E-state index in [9.17, 15) is 14.4 Å². The van der Waals surface area contributed by atoms with Crippen LogP contribution in [-0.4, -0.2) is 29.6 Å². The van der Waals surface area contributed by atoms with Crippen molar-refractivity contribution in [3.05, 3.63) is 29.3 Å². The van der Waals surface area contributed by atoms with E-state index in [0.29, 0.717) is 23.4 Å². The molecular weight excluding hydrogens is 238 g/mol. The quantitative estimate of drug-likeness (QED) is 0.611. The summed E-state index contributed by atoms with van der Waals surface area (Å²) in [6.07, 6.45) is 0. The van der Waals surface area contributed by atoms with Gasteiger partial charge in [-0.25, -0.2) is 4.79 Å². The predicted molar refractivity (Wildman–Crippen MR) is 62.3 cm³/mol. The maximum atomic E-state index is 11.4. The second-order valence-electron chi connectivity index (χ2n) is 3.72. The summed E-state index contributed by atoms with van der Waals surface area (Å²) in [5, 5.41) is 15.8. The van der Waals surface area contributed by atoms with E-state index in [-0.39, 0.29) is 5.91 Å². The highest BCUT2D eigenvalue weighted by molar-refractivity contribution is 6.02. The van der Waals surface area contributed by atoms with E-state index in [1.807, 2.05) is 0 Å².